The number of carbonyl (C=O) groups excluding carboxylic acids is 3. The average Bonchev–Trinajstić information content (AvgIpc) is 3.13. The Hall–Kier alpha value is -3.30. The predicted molar refractivity (Wildman–Crippen MR) is 95.2 cm³/mol. The van der Waals surface area contributed by atoms with Gasteiger partial charge in [-0.1, -0.05) is 32.4 Å². The SMILES string of the molecule is CC[C@H](C)[C@H](NC(=O)Cn1nnc(-c2ccc(C(N)=O)cc2)n1)C(=O)OC. The Morgan fingerprint density at radius 1 is 1.26 bits per heavy atom. The highest BCUT2D eigenvalue weighted by molar-refractivity contribution is 5.93. The van der Waals surface area contributed by atoms with Gasteiger partial charge >= 0.3 is 5.97 Å². The second-order valence-electron chi connectivity index (χ2n) is 6.04. The van der Waals surface area contributed by atoms with Gasteiger partial charge in [-0.15, -0.1) is 10.2 Å². The monoisotopic (exact) mass is 374 g/mol. The van der Waals surface area contributed by atoms with Crippen molar-refractivity contribution in [3.63, 3.8) is 0 Å². The Morgan fingerprint density at radius 3 is 2.48 bits per heavy atom. The van der Waals surface area contributed by atoms with E-state index in [9.17, 15) is 14.4 Å². The molecule has 2 amide bonds. The molecule has 0 fully saturated rings. The summed E-state index contributed by atoms with van der Waals surface area (Å²) in [7, 11) is 1.28. The van der Waals surface area contributed by atoms with Crippen LogP contribution in [0.2, 0.25) is 0 Å². The normalized spacial score (nSPS) is 12.9. The number of esters is 1. The first kappa shape index (κ1) is 20.0. The summed E-state index contributed by atoms with van der Waals surface area (Å²) in [5.41, 5.74) is 6.19. The number of nitrogens with two attached hydrogens (primary N) is 1. The highest BCUT2D eigenvalue weighted by atomic mass is 16.5. The molecule has 2 aromatic rings. The number of rotatable bonds is 8. The Bertz CT molecular complexity index is 817. The number of carbonyl (C=O) groups is 3. The Balaban J connectivity index is 2.04. The van der Waals surface area contributed by atoms with E-state index in [1.165, 1.54) is 7.11 Å². The van der Waals surface area contributed by atoms with Crippen molar-refractivity contribution in [2.24, 2.45) is 11.7 Å². The van der Waals surface area contributed by atoms with Crippen LogP contribution in [0.15, 0.2) is 24.3 Å². The molecule has 0 bridgehead atoms. The number of primary amides is 1. The van der Waals surface area contributed by atoms with Crippen molar-refractivity contribution in [3.8, 4) is 11.4 Å². The molecule has 0 aliphatic rings. The molecule has 1 aromatic carbocycles. The summed E-state index contributed by atoms with van der Waals surface area (Å²) in [6.45, 7) is 3.57. The summed E-state index contributed by atoms with van der Waals surface area (Å²) < 4.78 is 4.74. The number of hydrogen-bond acceptors (Lipinski definition) is 7. The minimum Gasteiger partial charge on any atom is -0.467 e. The van der Waals surface area contributed by atoms with Gasteiger partial charge in [-0.3, -0.25) is 9.59 Å². The number of aromatic nitrogens is 4. The lowest BCUT2D eigenvalue weighted by atomic mass is 9.99. The van der Waals surface area contributed by atoms with Gasteiger partial charge < -0.3 is 15.8 Å². The van der Waals surface area contributed by atoms with Crippen molar-refractivity contribution < 1.29 is 19.1 Å². The highest BCUT2D eigenvalue weighted by Gasteiger charge is 2.26. The molecule has 1 heterocycles. The molecule has 0 saturated carbocycles. The Labute approximate surface area is 156 Å². The molecule has 27 heavy (non-hydrogen) atoms. The average molecular weight is 374 g/mol. The lowest BCUT2D eigenvalue weighted by Crippen LogP contribution is -2.46. The molecule has 1 aromatic heterocycles. The first-order valence-electron chi connectivity index (χ1n) is 8.41. The van der Waals surface area contributed by atoms with Crippen molar-refractivity contribution in [3.05, 3.63) is 29.8 Å². The lowest BCUT2D eigenvalue weighted by Gasteiger charge is -2.21. The maximum Gasteiger partial charge on any atom is 0.328 e. The second-order valence-corrected chi connectivity index (χ2v) is 6.04. The van der Waals surface area contributed by atoms with Gasteiger partial charge in [0.05, 0.1) is 7.11 Å². The van der Waals surface area contributed by atoms with Gasteiger partial charge in [0.1, 0.15) is 12.6 Å². The molecule has 10 heteroatoms. The van der Waals surface area contributed by atoms with Crippen LogP contribution in [0.1, 0.15) is 30.6 Å². The van der Waals surface area contributed by atoms with E-state index in [0.29, 0.717) is 23.4 Å². The van der Waals surface area contributed by atoms with Crippen LogP contribution < -0.4 is 11.1 Å². The number of methoxy groups -OCH3 is 1. The molecule has 2 atom stereocenters. The van der Waals surface area contributed by atoms with E-state index < -0.39 is 23.8 Å². The van der Waals surface area contributed by atoms with Crippen LogP contribution in [0.25, 0.3) is 11.4 Å². The van der Waals surface area contributed by atoms with Crippen LogP contribution >= 0.6 is 0 Å². The molecule has 0 spiro atoms. The zero-order chi connectivity index (χ0) is 20.0. The molecule has 0 radical (unpaired) electrons. The van der Waals surface area contributed by atoms with Crippen LogP contribution in [-0.4, -0.2) is 51.1 Å². The van der Waals surface area contributed by atoms with Crippen molar-refractivity contribution in [1.82, 2.24) is 25.5 Å². The number of tetrazole rings is 1. The molecule has 10 nitrogen and oxygen atoms in total. The summed E-state index contributed by atoms with van der Waals surface area (Å²) >= 11 is 0. The second kappa shape index (κ2) is 8.88. The molecule has 0 unspecified atom stereocenters. The standard InChI is InChI=1S/C17H22N6O4/c1-4-10(2)14(17(26)27-3)19-13(24)9-23-21-16(20-22-23)12-7-5-11(6-8-12)15(18)25/h5-8,10,14H,4,9H2,1-3H3,(H2,18,25)(H,19,24)/t10-,14-/m0/s1. The minimum absolute atomic E-state index is 0.0792. The zero-order valence-corrected chi connectivity index (χ0v) is 15.4. The van der Waals surface area contributed by atoms with E-state index in [0.717, 1.165) is 4.80 Å². The van der Waals surface area contributed by atoms with E-state index in [2.05, 4.69) is 20.7 Å². The van der Waals surface area contributed by atoms with E-state index >= 15 is 0 Å². The molecular formula is C17H22N6O4. The molecule has 144 valence electrons. The van der Waals surface area contributed by atoms with Crippen LogP contribution in [0.3, 0.4) is 0 Å². The Kier molecular flexibility index (Phi) is 6.58. The quantitative estimate of drug-likeness (QED) is 0.626. The fraction of sp³-hybridized carbons (Fsp3) is 0.412. The number of amides is 2. The van der Waals surface area contributed by atoms with Gasteiger partial charge in [0.25, 0.3) is 0 Å². The largest absolute Gasteiger partial charge is 0.467 e. The van der Waals surface area contributed by atoms with Gasteiger partial charge in [-0.05, 0) is 23.3 Å². The number of benzene rings is 1. The number of nitrogens with one attached hydrogen (secondary N) is 1. The van der Waals surface area contributed by atoms with Gasteiger partial charge in [-0.25, -0.2) is 4.79 Å². The van der Waals surface area contributed by atoms with Gasteiger partial charge in [-0.2, -0.15) is 4.80 Å². The predicted octanol–water partition coefficient (Wildman–Crippen LogP) is 0.143. The zero-order valence-electron chi connectivity index (χ0n) is 15.4. The third-order valence-corrected chi connectivity index (χ3v) is 4.15. The van der Waals surface area contributed by atoms with Crippen molar-refractivity contribution in [2.45, 2.75) is 32.9 Å². The van der Waals surface area contributed by atoms with Crippen LogP contribution in [0.4, 0.5) is 0 Å². The summed E-state index contributed by atoms with van der Waals surface area (Å²) in [5.74, 6) is -1.25. The molecule has 3 N–H and O–H groups in total. The topological polar surface area (TPSA) is 142 Å². The van der Waals surface area contributed by atoms with Gasteiger partial charge in [0.2, 0.25) is 17.6 Å². The maximum absolute atomic E-state index is 12.2. The molecule has 0 aliphatic carbocycles. The van der Waals surface area contributed by atoms with Crippen molar-refractivity contribution in [2.75, 3.05) is 7.11 Å². The summed E-state index contributed by atoms with van der Waals surface area (Å²) in [5, 5.41) is 14.5. The maximum atomic E-state index is 12.2. The third-order valence-electron chi connectivity index (χ3n) is 4.15. The van der Waals surface area contributed by atoms with E-state index in [-0.39, 0.29) is 12.5 Å². The molecule has 0 aliphatic heterocycles. The van der Waals surface area contributed by atoms with Crippen molar-refractivity contribution in [1.29, 1.82) is 0 Å². The van der Waals surface area contributed by atoms with E-state index in [1.807, 2.05) is 13.8 Å². The third kappa shape index (κ3) is 5.09. The number of hydrogen-bond donors (Lipinski definition) is 2. The van der Waals surface area contributed by atoms with Crippen LogP contribution in [-0.2, 0) is 20.9 Å². The van der Waals surface area contributed by atoms with Crippen LogP contribution in [0.5, 0.6) is 0 Å². The summed E-state index contributed by atoms with van der Waals surface area (Å²) in [6.07, 6.45) is 0.701. The molecule has 0 saturated heterocycles. The van der Waals surface area contributed by atoms with E-state index in [4.69, 9.17) is 10.5 Å². The molecular weight excluding hydrogens is 352 g/mol. The van der Waals surface area contributed by atoms with Crippen molar-refractivity contribution >= 4 is 17.8 Å². The summed E-state index contributed by atoms with van der Waals surface area (Å²) in [4.78, 5) is 36.3. The number of ether oxygens (including phenoxy) is 1. The summed E-state index contributed by atoms with van der Waals surface area (Å²) in [6, 6.07) is 5.64. The smallest absolute Gasteiger partial charge is 0.328 e. The van der Waals surface area contributed by atoms with Crippen LogP contribution in [0, 0.1) is 5.92 Å². The highest BCUT2D eigenvalue weighted by Crippen LogP contribution is 2.14. The lowest BCUT2D eigenvalue weighted by molar-refractivity contribution is -0.146. The van der Waals surface area contributed by atoms with Gasteiger partial charge in [0.15, 0.2) is 0 Å². The minimum atomic E-state index is -0.739. The van der Waals surface area contributed by atoms with E-state index in [1.54, 1.807) is 24.3 Å². The fourth-order valence-electron chi connectivity index (χ4n) is 2.35. The first-order chi connectivity index (χ1) is 12.8. The number of nitrogens with zero attached hydrogens (tertiary/aromatic N) is 4. The Morgan fingerprint density at radius 2 is 1.93 bits per heavy atom. The first-order valence-corrected chi connectivity index (χ1v) is 8.41. The molecule has 2 rings (SSSR count). The fourth-order valence-corrected chi connectivity index (χ4v) is 2.35. The van der Waals surface area contributed by atoms with Gasteiger partial charge in [0, 0.05) is 11.1 Å².